The van der Waals surface area contributed by atoms with Crippen LogP contribution in [0.4, 0.5) is 0 Å². The summed E-state index contributed by atoms with van der Waals surface area (Å²) in [4.78, 5) is 36.2. The first-order chi connectivity index (χ1) is 15.5. The smallest absolute Gasteiger partial charge is 0.274 e. The van der Waals surface area contributed by atoms with E-state index in [2.05, 4.69) is 45.6 Å². The van der Waals surface area contributed by atoms with Gasteiger partial charge in [0.15, 0.2) is 0 Å². The van der Waals surface area contributed by atoms with E-state index in [1.807, 2.05) is 38.1 Å². The van der Waals surface area contributed by atoms with Gasteiger partial charge >= 0.3 is 0 Å². The van der Waals surface area contributed by atoms with Crippen molar-refractivity contribution >= 4 is 11.8 Å². The van der Waals surface area contributed by atoms with E-state index in [0.717, 1.165) is 16.7 Å². The van der Waals surface area contributed by atoms with Gasteiger partial charge in [-0.1, -0.05) is 54.6 Å². The lowest BCUT2D eigenvalue weighted by Gasteiger charge is -2.29. The molecule has 164 valence electrons. The molecule has 0 aliphatic carbocycles. The first kappa shape index (κ1) is 21.7. The maximum absolute atomic E-state index is 13.4. The summed E-state index contributed by atoms with van der Waals surface area (Å²) in [5.41, 5.74) is 2.96. The van der Waals surface area contributed by atoms with Crippen molar-refractivity contribution in [3.63, 3.8) is 0 Å². The SMILES string of the molecule is CC(C)NC(=O)C1(Cc2cccc(-c3ccccc3)c2)CCN(C(=O)c2cnccn2)C1. The zero-order valence-corrected chi connectivity index (χ0v) is 18.5. The molecule has 1 aliphatic rings. The predicted octanol–water partition coefficient (Wildman–Crippen LogP) is 3.74. The Bertz CT molecular complexity index is 1090. The summed E-state index contributed by atoms with van der Waals surface area (Å²) in [5.74, 6) is -0.192. The van der Waals surface area contributed by atoms with Gasteiger partial charge in [0, 0.05) is 31.5 Å². The number of nitrogens with one attached hydrogen (secondary N) is 1. The molecule has 0 bridgehead atoms. The Kier molecular flexibility index (Phi) is 6.30. The Hall–Kier alpha value is -3.54. The fourth-order valence-corrected chi connectivity index (χ4v) is 4.32. The molecule has 1 aliphatic heterocycles. The normalized spacial score (nSPS) is 18.0. The van der Waals surface area contributed by atoms with E-state index in [1.54, 1.807) is 11.1 Å². The van der Waals surface area contributed by atoms with Crippen molar-refractivity contribution in [3.8, 4) is 11.1 Å². The zero-order chi connectivity index (χ0) is 22.6. The van der Waals surface area contributed by atoms with Crippen LogP contribution >= 0.6 is 0 Å². The summed E-state index contributed by atoms with van der Waals surface area (Å²) in [7, 11) is 0. The molecule has 0 spiro atoms. The van der Waals surface area contributed by atoms with Crippen molar-refractivity contribution in [2.24, 2.45) is 5.41 Å². The molecular formula is C26H28N4O2. The molecule has 1 N–H and O–H groups in total. The minimum atomic E-state index is -0.683. The molecule has 2 amide bonds. The van der Waals surface area contributed by atoms with Gasteiger partial charge in [-0.05, 0) is 43.4 Å². The first-order valence-electron chi connectivity index (χ1n) is 11.0. The van der Waals surface area contributed by atoms with Crippen LogP contribution in [0.2, 0.25) is 0 Å². The van der Waals surface area contributed by atoms with Crippen molar-refractivity contribution in [1.82, 2.24) is 20.2 Å². The Morgan fingerprint density at radius 2 is 1.84 bits per heavy atom. The van der Waals surface area contributed by atoms with Gasteiger partial charge in [-0.15, -0.1) is 0 Å². The highest BCUT2D eigenvalue weighted by molar-refractivity contribution is 5.93. The number of carbonyl (C=O) groups excluding carboxylic acids is 2. The second-order valence-electron chi connectivity index (χ2n) is 8.72. The minimum Gasteiger partial charge on any atom is -0.353 e. The van der Waals surface area contributed by atoms with Crippen LogP contribution in [-0.2, 0) is 11.2 Å². The Labute approximate surface area is 188 Å². The topological polar surface area (TPSA) is 75.2 Å². The summed E-state index contributed by atoms with van der Waals surface area (Å²) in [6.45, 7) is 4.79. The number of carbonyl (C=O) groups is 2. The largest absolute Gasteiger partial charge is 0.353 e. The maximum atomic E-state index is 13.4. The summed E-state index contributed by atoms with van der Waals surface area (Å²) in [5, 5.41) is 3.09. The summed E-state index contributed by atoms with van der Waals surface area (Å²) in [6.07, 6.45) is 5.70. The van der Waals surface area contributed by atoms with Crippen molar-refractivity contribution in [1.29, 1.82) is 0 Å². The van der Waals surface area contributed by atoms with Gasteiger partial charge in [0.1, 0.15) is 5.69 Å². The van der Waals surface area contributed by atoms with Crippen molar-refractivity contribution in [2.45, 2.75) is 32.7 Å². The molecule has 2 heterocycles. The molecule has 1 unspecified atom stereocenters. The van der Waals surface area contributed by atoms with Crippen molar-refractivity contribution < 1.29 is 9.59 Å². The fraction of sp³-hybridized carbons (Fsp3) is 0.308. The number of rotatable bonds is 6. The molecule has 4 rings (SSSR count). The lowest BCUT2D eigenvalue weighted by molar-refractivity contribution is -0.130. The monoisotopic (exact) mass is 428 g/mol. The molecule has 1 saturated heterocycles. The number of nitrogens with zero attached hydrogens (tertiary/aromatic N) is 3. The molecule has 32 heavy (non-hydrogen) atoms. The van der Waals surface area contributed by atoms with Crippen LogP contribution in [0.3, 0.4) is 0 Å². The van der Waals surface area contributed by atoms with Crippen LogP contribution in [0.15, 0.2) is 73.2 Å². The standard InChI is InChI=1S/C26H28N4O2/c1-19(2)29-25(32)26(11-14-30(18-26)24(31)23-17-27-12-13-28-23)16-20-7-6-10-22(15-20)21-8-4-3-5-9-21/h3-10,12-13,15,17,19H,11,14,16,18H2,1-2H3,(H,29,32). The van der Waals surface area contributed by atoms with E-state index in [1.165, 1.54) is 12.4 Å². The molecule has 1 atom stereocenters. The van der Waals surface area contributed by atoms with E-state index in [9.17, 15) is 9.59 Å². The van der Waals surface area contributed by atoms with Gasteiger partial charge in [-0.2, -0.15) is 0 Å². The third-order valence-electron chi connectivity index (χ3n) is 5.90. The molecule has 1 aromatic heterocycles. The molecule has 1 fully saturated rings. The summed E-state index contributed by atoms with van der Waals surface area (Å²) in [6, 6.07) is 18.5. The quantitative estimate of drug-likeness (QED) is 0.649. The van der Waals surface area contributed by atoms with Gasteiger partial charge in [-0.3, -0.25) is 14.6 Å². The number of hydrogen-bond acceptors (Lipinski definition) is 4. The lowest BCUT2D eigenvalue weighted by atomic mass is 9.79. The van der Waals surface area contributed by atoms with Gasteiger partial charge in [0.2, 0.25) is 5.91 Å². The zero-order valence-electron chi connectivity index (χ0n) is 18.5. The molecule has 6 heteroatoms. The van der Waals surface area contributed by atoms with Gasteiger partial charge in [0.05, 0.1) is 11.6 Å². The summed E-state index contributed by atoms with van der Waals surface area (Å²) < 4.78 is 0. The van der Waals surface area contributed by atoms with Crippen LogP contribution in [-0.4, -0.2) is 45.8 Å². The molecule has 2 aromatic carbocycles. The van der Waals surface area contributed by atoms with Crippen LogP contribution in [0, 0.1) is 5.41 Å². The van der Waals surface area contributed by atoms with E-state index >= 15 is 0 Å². The fourth-order valence-electron chi connectivity index (χ4n) is 4.32. The van der Waals surface area contributed by atoms with Gasteiger partial charge in [-0.25, -0.2) is 4.98 Å². The number of likely N-dealkylation sites (tertiary alicyclic amines) is 1. The van der Waals surface area contributed by atoms with Crippen LogP contribution < -0.4 is 5.32 Å². The molecular weight excluding hydrogens is 400 g/mol. The number of hydrogen-bond donors (Lipinski definition) is 1. The Balaban J connectivity index is 1.61. The molecule has 0 saturated carbocycles. The lowest BCUT2D eigenvalue weighted by Crippen LogP contribution is -2.47. The number of benzene rings is 2. The average Bonchev–Trinajstić information content (AvgIpc) is 3.25. The molecule has 6 nitrogen and oxygen atoms in total. The average molecular weight is 429 g/mol. The number of aromatic nitrogens is 2. The first-order valence-corrected chi connectivity index (χ1v) is 11.0. The Morgan fingerprint density at radius 1 is 1.06 bits per heavy atom. The highest BCUT2D eigenvalue weighted by atomic mass is 16.2. The predicted molar refractivity (Wildman–Crippen MR) is 124 cm³/mol. The van der Waals surface area contributed by atoms with Gasteiger partial charge in [0.25, 0.3) is 5.91 Å². The second kappa shape index (κ2) is 9.30. The summed E-state index contributed by atoms with van der Waals surface area (Å²) >= 11 is 0. The van der Waals surface area contributed by atoms with Gasteiger partial charge < -0.3 is 10.2 Å². The van der Waals surface area contributed by atoms with E-state index in [-0.39, 0.29) is 17.9 Å². The highest BCUT2D eigenvalue weighted by Crippen LogP contribution is 2.36. The Morgan fingerprint density at radius 3 is 2.56 bits per heavy atom. The molecule has 0 radical (unpaired) electrons. The maximum Gasteiger partial charge on any atom is 0.274 e. The van der Waals surface area contributed by atoms with Crippen LogP contribution in [0.25, 0.3) is 11.1 Å². The minimum absolute atomic E-state index is 0.00735. The highest BCUT2D eigenvalue weighted by Gasteiger charge is 2.46. The molecule has 3 aromatic rings. The number of amides is 2. The van der Waals surface area contributed by atoms with E-state index in [4.69, 9.17) is 0 Å². The van der Waals surface area contributed by atoms with Crippen molar-refractivity contribution in [3.05, 3.63) is 84.4 Å². The van der Waals surface area contributed by atoms with Crippen LogP contribution in [0.5, 0.6) is 0 Å². The van der Waals surface area contributed by atoms with Crippen molar-refractivity contribution in [2.75, 3.05) is 13.1 Å². The third kappa shape index (κ3) is 4.69. The second-order valence-corrected chi connectivity index (χ2v) is 8.72. The van der Waals surface area contributed by atoms with Crippen LogP contribution in [0.1, 0.15) is 36.3 Å². The third-order valence-corrected chi connectivity index (χ3v) is 5.90. The van der Waals surface area contributed by atoms with E-state index in [0.29, 0.717) is 31.6 Å². The van der Waals surface area contributed by atoms with E-state index < -0.39 is 5.41 Å².